The molecular weight excluding hydrogens is 665 g/mol. The van der Waals surface area contributed by atoms with Gasteiger partial charge in [-0.3, -0.25) is 13.9 Å². The number of nitrogens with one attached hydrogen (secondary N) is 1. The first kappa shape index (κ1) is 35.3. The summed E-state index contributed by atoms with van der Waals surface area (Å²) in [7, 11) is -4.26. The van der Waals surface area contributed by atoms with Crippen LogP contribution in [-0.4, -0.2) is 44.3 Å². The first-order chi connectivity index (χ1) is 21.9. The maximum atomic E-state index is 14.6. The maximum absolute atomic E-state index is 14.6. The Bertz CT molecular complexity index is 1790. The van der Waals surface area contributed by atoms with Crippen LogP contribution in [0.15, 0.2) is 95.9 Å². The van der Waals surface area contributed by atoms with E-state index in [-0.39, 0.29) is 29.5 Å². The molecule has 4 rings (SSSR count). The second-order valence-electron chi connectivity index (χ2n) is 11.0. The normalized spacial score (nSPS) is 12.0. The lowest BCUT2D eigenvalue weighted by molar-refractivity contribution is -0.140. The topological polar surface area (TPSA) is 86.8 Å². The fourth-order valence-corrected chi connectivity index (χ4v) is 7.06. The smallest absolute Gasteiger partial charge is 0.264 e. The molecule has 242 valence electrons. The standard InChI is InChI=1S/C35H36Cl3N3O4S/c1-4-18-39-35(43)33(19-26-8-6-5-7-9-26)40(22-27-13-15-28(36)20-31(27)38)34(42)23-41(32-21-29(37)14-12-25(32)3)46(44,45)30-16-10-24(2)11-17-30/h5-17,20-21,33H,4,18-19,22-23H2,1-3H3,(H,39,43)/t33-/m1/s1. The molecule has 4 aromatic rings. The summed E-state index contributed by atoms with van der Waals surface area (Å²) >= 11 is 19.1. The van der Waals surface area contributed by atoms with Crippen molar-refractivity contribution in [3.63, 3.8) is 0 Å². The number of sulfonamides is 1. The second-order valence-corrected chi connectivity index (χ2v) is 14.2. The molecule has 0 heterocycles. The van der Waals surface area contributed by atoms with Gasteiger partial charge in [-0.25, -0.2) is 8.42 Å². The van der Waals surface area contributed by atoms with Crippen LogP contribution in [0.1, 0.15) is 35.6 Å². The number of halogens is 3. The van der Waals surface area contributed by atoms with E-state index in [4.69, 9.17) is 34.8 Å². The summed E-state index contributed by atoms with van der Waals surface area (Å²) < 4.78 is 29.6. The number of hydrogen-bond acceptors (Lipinski definition) is 4. The van der Waals surface area contributed by atoms with Crippen molar-refractivity contribution in [2.75, 3.05) is 17.4 Å². The van der Waals surface area contributed by atoms with Crippen LogP contribution in [0.2, 0.25) is 15.1 Å². The van der Waals surface area contributed by atoms with Gasteiger partial charge in [0.25, 0.3) is 10.0 Å². The van der Waals surface area contributed by atoms with Gasteiger partial charge in [0, 0.05) is 34.6 Å². The van der Waals surface area contributed by atoms with Gasteiger partial charge in [-0.15, -0.1) is 0 Å². The summed E-state index contributed by atoms with van der Waals surface area (Å²) in [4.78, 5) is 29.8. The molecule has 0 aliphatic carbocycles. The van der Waals surface area contributed by atoms with Crippen LogP contribution >= 0.6 is 34.8 Å². The molecule has 0 radical (unpaired) electrons. The average Bonchev–Trinajstić information content (AvgIpc) is 3.03. The molecule has 2 amide bonds. The molecular formula is C35H36Cl3N3O4S. The third-order valence-electron chi connectivity index (χ3n) is 7.50. The predicted octanol–water partition coefficient (Wildman–Crippen LogP) is 7.63. The Balaban J connectivity index is 1.85. The number of aryl methyl sites for hydroxylation is 2. The minimum absolute atomic E-state index is 0.0131. The van der Waals surface area contributed by atoms with Crippen LogP contribution in [0.3, 0.4) is 0 Å². The molecule has 0 saturated carbocycles. The van der Waals surface area contributed by atoms with Gasteiger partial charge in [-0.05, 0) is 73.4 Å². The van der Waals surface area contributed by atoms with Gasteiger partial charge in [0.05, 0.1) is 10.6 Å². The number of benzene rings is 4. The number of anilines is 1. The molecule has 0 aromatic heterocycles. The summed E-state index contributed by atoms with van der Waals surface area (Å²) in [5, 5.41) is 3.96. The van der Waals surface area contributed by atoms with Crippen molar-refractivity contribution in [3.05, 3.63) is 128 Å². The molecule has 0 spiro atoms. The van der Waals surface area contributed by atoms with E-state index in [1.54, 1.807) is 49.4 Å². The van der Waals surface area contributed by atoms with E-state index >= 15 is 0 Å². The highest BCUT2D eigenvalue weighted by Gasteiger charge is 2.35. The van der Waals surface area contributed by atoms with E-state index in [9.17, 15) is 18.0 Å². The number of carbonyl (C=O) groups is 2. The fourth-order valence-electron chi connectivity index (χ4n) is 4.96. The summed E-state index contributed by atoms with van der Waals surface area (Å²) in [6, 6.07) is 24.5. The molecule has 7 nitrogen and oxygen atoms in total. The van der Waals surface area contributed by atoms with Gasteiger partial charge in [0.1, 0.15) is 12.6 Å². The minimum atomic E-state index is -4.26. The highest BCUT2D eigenvalue weighted by atomic mass is 35.5. The quantitative estimate of drug-likeness (QED) is 0.156. The van der Waals surface area contributed by atoms with Crippen molar-refractivity contribution in [2.24, 2.45) is 0 Å². The Labute approximate surface area is 286 Å². The fraction of sp³-hybridized carbons (Fsp3) is 0.257. The Hall–Kier alpha value is -3.56. The Morgan fingerprint density at radius 1 is 0.848 bits per heavy atom. The molecule has 46 heavy (non-hydrogen) atoms. The molecule has 4 aromatic carbocycles. The third-order valence-corrected chi connectivity index (χ3v) is 10.1. The SMILES string of the molecule is CCCNC(=O)[C@@H](Cc1ccccc1)N(Cc1ccc(Cl)cc1Cl)C(=O)CN(c1cc(Cl)ccc1C)S(=O)(=O)c1ccc(C)cc1. The zero-order valence-corrected chi connectivity index (χ0v) is 28.9. The van der Waals surface area contributed by atoms with Crippen LogP contribution in [0, 0.1) is 13.8 Å². The molecule has 0 bridgehead atoms. The summed E-state index contributed by atoms with van der Waals surface area (Å²) in [5.74, 6) is -0.968. The lowest BCUT2D eigenvalue weighted by atomic mass is 10.0. The van der Waals surface area contributed by atoms with Gasteiger partial charge < -0.3 is 10.2 Å². The van der Waals surface area contributed by atoms with E-state index in [1.165, 1.54) is 23.1 Å². The zero-order chi connectivity index (χ0) is 33.4. The van der Waals surface area contributed by atoms with Gasteiger partial charge in [-0.2, -0.15) is 0 Å². The molecule has 1 N–H and O–H groups in total. The monoisotopic (exact) mass is 699 g/mol. The molecule has 0 aliphatic rings. The van der Waals surface area contributed by atoms with E-state index in [1.807, 2.05) is 44.2 Å². The van der Waals surface area contributed by atoms with Crippen molar-refractivity contribution in [1.29, 1.82) is 0 Å². The maximum Gasteiger partial charge on any atom is 0.264 e. The van der Waals surface area contributed by atoms with Gasteiger partial charge >= 0.3 is 0 Å². The number of amides is 2. The summed E-state index contributed by atoms with van der Waals surface area (Å²) in [5.41, 5.74) is 3.11. The van der Waals surface area contributed by atoms with Crippen molar-refractivity contribution in [2.45, 2.75) is 51.1 Å². The molecule has 0 unspecified atom stereocenters. The van der Waals surface area contributed by atoms with Crippen molar-refractivity contribution < 1.29 is 18.0 Å². The summed E-state index contributed by atoms with van der Waals surface area (Å²) in [6.07, 6.45) is 0.881. The molecule has 0 aliphatic heterocycles. The zero-order valence-electron chi connectivity index (χ0n) is 25.8. The lowest BCUT2D eigenvalue weighted by Gasteiger charge is -2.34. The van der Waals surface area contributed by atoms with Crippen LogP contribution in [-0.2, 0) is 32.6 Å². The minimum Gasteiger partial charge on any atom is -0.354 e. The molecule has 11 heteroatoms. The Kier molecular flexibility index (Phi) is 12.1. The summed E-state index contributed by atoms with van der Waals surface area (Å²) in [6.45, 7) is 5.27. The molecule has 1 atom stereocenters. The first-order valence-corrected chi connectivity index (χ1v) is 17.4. The Morgan fingerprint density at radius 3 is 2.15 bits per heavy atom. The molecule has 0 saturated heterocycles. The largest absolute Gasteiger partial charge is 0.354 e. The van der Waals surface area contributed by atoms with Gasteiger partial charge in [-0.1, -0.05) is 102 Å². The predicted molar refractivity (Wildman–Crippen MR) is 186 cm³/mol. The molecule has 0 fully saturated rings. The number of rotatable bonds is 13. The van der Waals surface area contributed by atoms with E-state index in [2.05, 4.69) is 5.32 Å². The van der Waals surface area contributed by atoms with Crippen LogP contribution in [0.4, 0.5) is 5.69 Å². The van der Waals surface area contributed by atoms with Crippen LogP contribution in [0.25, 0.3) is 0 Å². The van der Waals surface area contributed by atoms with Gasteiger partial charge in [0.15, 0.2) is 0 Å². The highest BCUT2D eigenvalue weighted by molar-refractivity contribution is 7.92. The number of nitrogens with zero attached hydrogens (tertiary/aromatic N) is 2. The van der Waals surface area contributed by atoms with Crippen molar-refractivity contribution in [1.82, 2.24) is 10.2 Å². The second kappa shape index (κ2) is 15.8. The van der Waals surface area contributed by atoms with Crippen LogP contribution in [0.5, 0.6) is 0 Å². The van der Waals surface area contributed by atoms with Crippen LogP contribution < -0.4 is 9.62 Å². The highest BCUT2D eigenvalue weighted by Crippen LogP contribution is 2.31. The number of carbonyl (C=O) groups excluding carboxylic acids is 2. The lowest BCUT2D eigenvalue weighted by Crippen LogP contribution is -2.53. The van der Waals surface area contributed by atoms with E-state index in [0.717, 1.165) is 15.4 Å². The average molecular weight is 701 g/mol. The van der Waals surface area contributed by atoms with Crippen molar-refractivity contribution in [3.8, 4) is 0 Å². The Morgan fingerprint density at radius 2 is 1.50 bits per heavy atom. The first-order valence-electron chi connectivity index (χ1n) is 14.8. The van der Waals surface area contributed by atoms with E-state index < -0.39 is 28.5 Å². The van der Waals surface area contributed by atoms with Gasteiger partial charge in [0.2, 0.25) is 11.8 Å². The van der Waals surface area contributed by atoms with Crippen molar-refractivity contribution >= 4 is 62.3 Å². The third kappa shape index (κ3) is 8.82. The number of hydrogen-bond donors (Lipinski definition) is 1. The van der Waals surface area contributed by atoms with E-state index in [0.29, 0.717) is 39.2 Å².